The topological polar surface area (TPSA) is 51.5 Å². The van der Waals surface area contributed by atoms with E-state index in [9.17, 15) is 14.0 Å². The highest BCUT2D eigenvalue weighted by molar-refractivity contribution is 5.97. The first-order valence-electron chi connectivity index (χ1n) is 8.79. The number of hydrogen-bond acceptors (Lipinski definition) is 3. The number of carbonyl (C=O) groups is 1. The fraction of sp³-hybridized carbons (Fsp3) is 0.238. The van der Waals surface area contributed by atoms with Gasteiger partial charge in [0.15, 0.2) is 0 Å². The molecule has 1 amide bonds. The minimum atomic E-state index is -0.340. The SMILES string of the molecule is Cn1cc(C(=O)N2CCOC(c3ccc(F)cc3)C2)c(=O)c2ccccc21. The average molecular weight is 366 g/mol. The highest BCUT2D eigenvalue weighted by atomic mass is 19.1. The summed E-state index contributed by atoms with van der Waals surface area (Å²) in [5.74, 6) is -0.626. The second-order valence-electron chi connectivity index (χ2n) is 6.66. The van der Waals surface area contributed by atoms with Gasteiger partial charge in [0.2, 0.25) is 5.43 Å². The summed E-state index contributed by atoms with van der Waals surface area (Å²) in [6.45, 7) is 1.09. The molecule has 1 unspecified atom stereocenters. The van der Waals surface area contributed by atoms with E-state index in [1.54, 1.807) is 39.9 Å². The number of ether oxygens (including phenoxy) is 1. The fourth-order valence-corrected chi connectivity index (χ4v) is 3.48. The molecule has 6 heteroatoms. The first kappa shape index (κ1) is 17.4. The molecular formula is C21H19FN2O3. The van der Waals surface area contributed by atoms with E-state index in [0.717, 1.165) is 11.1 Å². The number of fused-ring (bicyclic) bond motifs is 1. The van der Waals surface area contributed by atoms with Crippen molar-refractivity contribution in [1.82, 2.24) is 9.47 Å². The Balaban J connectivity index is 1.64. The van der Waals surface area contributed by atoms with Crippen LogP contribution in [0, 0.1) is 5.82 Å². The first-order valence-corrected chi connectivity index (χ1v) is 8.79. The largest absolute Gasteiger partial charge is 0.370 e. The van der Waals surface area contributed by atoms with Crippen molar-refractivity contribution in [1.29, 1.82) is 0 Å². The van der Waals surface area contributed by atoms with E-state index in [4.69, 9.17) is 4.74 Å². The number of halogens is 1. The van der Waals surface area contributed by atoms with Gasteiger partial charge in [-0.15, -0.1) is 0 Å². The number of rotatable bonds is 2. The molecule has 2 aromatic carbocycles. The van der Waals surface area contributed by atoms with Crippen LogP contribution in [0.15, 0.2) is 59.5 Å². The van der Waals surface area contributed by atoms with E-state index in [1.807, 2.05) is 19.2 Å². The van der Waals surface area contributed by atoms with Crippen molar-refractivity contribution in [3.63, 3.8) is 0 Å². The van der Waals surface area contributed by atoms with Gasteiger partial charge in [-0.25, -0.2) is 4.39 Å². The summed E-state index contributed by atoms with van der Waals surface area (Å²) < 4.78 is 20.7. The van der Waals surface area contributed by atoms with Crippen molar-refractivity contribution < 1.29 is 13.9 Å². The predicted molar refractivity (Wildman–Crippen MR) is 100 cm³/mol. The third-order valence-corrected chi connectivity index (χ3v) is 4.92. The van der Waals surface area contributed by atoms with E-state index >= 15 is 0 Å². The van der Waals surface area contributed by atoms with Crippen LogP contribution in [0.25, 0.3) is 10.9 Å². The minimum absolute atomic E-state index is 0.149. The number of benzene rings is 2. The van der Waals surface area contributed by atoms with Crippen LogP contribution >= 0.6 is 0 Å². The first-order chi connectivity index (χ1) is 13.0. The maximum absolute atomic E-state index is 13.1. The molecule has 0 radical (unpaired) electrons. The molecule has 0 N–H and O–H groups in total. The summed E-state index contributed by atoms with van der Waals surface area (Å²) in [5, 5.41) is 0.522. The Labute approximate surface area is 155 Å². The molecule has 0 spiro atoms. The molecule has 0 aliphatic carbocycles. The Hall–Kier alpha value is -2.99. The van der Waals surface area contributed by atoms with Crippen LogP contribution in [-0.4, -0.2) is 35.1 Å². The molecule has 3 aromatic rings. The van der Waals surface area contributed by atoms with Crippen molar-refractivity contribution >= 4 is 16.8 Å². The molecule has 2 heterocycles. The summed E-state index contributed by atoms with van der Waals surface area (Å²) in [7, 11) is 1.82. The number of carbonyl (C=O) groups excluding carboxylic acids is 1. The Morgan fingerprint density at radius 1 is 1.15 bits per heavy atom. The molecule has 4 rings (SSSR count). The molecule has 1 saturated heterocycles. The minimum Gasteiger partial charge on any atom is -0.370 e. The number of pyridine rings is 1. The van der Waals surface area contributed by atoms with Gasteiger partial charge in [0.05, 0.1) is 18.7 Å². The van der Waals surface area contributed by atoms with Gasteiger partial charge in [0.25, 0.3) is 5.91 Å². The van der Waals surface area contributed by atoms with Crippen molar-refractivity contribution in [2.75, 3.05) is 19.7 Å². The summed E-state index contributed by atoms with van der Waals surface area (Å²) in [6, 6.07) is 13.3. The smallest absolute Gasteiger partial charge is 0.259 e. The summed E-state index contributed by atoms with van der Waals surface area (Å²) in [4.78, 5) is 27.5. The van der Waals surface area contributed by atoms with E-state index in [-0.39, 0.29) is 28.8 Å². The molecule has 1 aromatic heterocycles. The highest BCUT2D eigenvalue weighted by Crippen LogP contribution is 2.23. The van der Waals surface area contributed by atoms with E-state index in [2.05, 4.69) is 0 Å². The Morgan fingerprint density at radius 2 is 1.89 bits per heavy atom. The quantitative estimate of drug-likeness (QED) is 0.701. The molecule has 1 aliphatic rings. The molecule has 1 fully saturated rings. The Kier molecular flexibility index (Phi) is 4.49. The van der Waals surface area contributed by atoms with Crippen LogP contribution in [-0.2, 0) is 11.8 Å². The number of amides is 1. The van der Waals surface area contributed by atoms with Crippen LogP contribution in [0.3, 0.4) is 0 Å². The molecule has 138 valence electrons. The zero-order chi connectivity index (χ0) is 19.0. The Morgan fingerprint density at radius 3 is 2.67 bits per heavy atom. The fourth-order valence-electron chi connectivity index (χ4n) is 3.48. The van der Waals surface area contributed by atoms with Crippen LogP contribution in [0.1, 0.15) is 22.0 Å². The second-order valence-corrected chi connectivity index (χ2v) is 6.66. The van der Waals surface area contributed by atoms with Gasteiger partial charge >= 0.3 is 0 Å². The maximum Gasteiger partial charge on any atom is 0.259 e. The number of morpholine rings is 1. The van der Waals surface area contributed by atoms with Gasteiger partial charge in [-0.2, -0.15) is 0 Å². The van der Waals surface area contributed by atoms with E-state index in [1.165, 1.54) is 12.1 Å². The van der Waals surface area contributed by atoms with Crippen molar-refractivity contribution in [3.8, 4) is 0 Å². The average Bonchev–Trinajstić information content (AvgIpc) is 2.71. The van der Waals surface area contributed by atoms with Crippen LogP contribution in [0.2, 0.25) is 0 Å². The lowest BCUT2D eigenvalue weighted by atomic mass is 10.1. The summed E-state index contributed by atoms with van der Waals surface area (Å²) in [6.07, 6.45) is 1.25. The van der Waals surface area contributed by atoms with Gasteiger partial charge in [0, 0.05) is 25.2 Å². The normalized spacial score (nSPS) is 17.3. The van der Waals surface area contributed by atoms with E-state index in [0.29, 0.717) is 25.1 Å². The number of hydrogen-bond donors (Lipinski definition) is 0. The molecule has 1 atom stereocenters. The number of aryl methyl sites for hydroxylation is 1. The lowest BCUT2D eigenvalue weighted by Gasteiger charge is -2.33. The maximum atomic E-state index is 13.1. The molecular weight excluding hydrogens is 347 g/mol. The molecule has 5 nitrogen and oxygen atoms in total. The standard InChI is InChI=1S/C21H19FN2O3/c1-23-12-17(20(25)16-4-2-3-5-18(16)23)21(26)24-10-11-27-19(13-24)14-6-8-15(22)9-7-14/h2-9,12,19H,10-11,13H2,1H3. The summed E-state index contributed by atoms with van der Waals surface area (Å²) >= 11 is 0. The number of aromatic nitrogens is 1. The van der Waals surface area contributed by atoms with Crippen LogP contribution < -0.4 is 5.43 Å². The highest BCUT2D eigenvalue weighted by Gasteiger charge is 2.28. The zero-order valence-electron chi connectivity index (χ0n) is 14.9. The molecule has 0 bridgehead atoms. The number of nitrogens with zero attached hydrogens (tertiary/aromatic N) is 2. The molecule has 27 heavy (non-hydrogen) atoms. The van der Waals surface area contributed by atoms with Gasteiger partial charge in [-0.05, 0) is 29.8 Å². The lowest BCUT2D eigenvalue weighted by molar-refractivity contribution is -0.0229. The Bertz CT molecular complexity index is 1060. The van der Waals surface area contributed by atoms with Crippen molar-refractivity contribution in [3.05, 3.63) is 81.9 Å². The second kappa shape index (κ2) is 6.96. The third kappa shape index (κ3) is 3.24. The third-order valence-electron chi connectivity index (χ3n) is 4.92. The van der Waals surface area contributed by atoms with Crippen molar-refractivity contribution in [2.24, 2.45) is 7.05 Å². The van der Waals surface area contributed by atoms with Crippen LogP contribution in [0.4, 0.5) is 4.39 Å². The summed E-state index contributed by atoms with van der Waals surface area (Å²) in [5.41, 5.74) is 1.47. The van der Waals surface area contributed by atoms with Crippen molar-refractivity contribution in [2.45, 2.75) is 6.10 Å². The lowest BCUT2D eigenvalue weighted by Crippen LogP contribution is -2.43. The van der Waals surface area contributed by atoms with Gasteiger partial charge in [-0.3, -0.25) is 9.59 Å². The predicted octanol–water partition coefficient (Wildman–Crippen LogP) is 2.89. The van der Waals surface area contributed by atoms with E-state index < -0.39 is 0 Å². The number of para-hydroxylation sites is 1. The van der Waals surface area contributed by atoms with Crippen LogP contribution in [0.5, 0.6) is 0 Å². The zero-order valence-corrected chi connectivity index (χ0v) is 14.9. The van der Waals surface area contributed by atoms with Gasteiger partial charge < -0.3 is 14.2 Å². The molecule has 1 aliphatic heterocycles. The monoisotopic (exact) mass is 366 g/mol. The van der Waals surface area contributed by atoms with Gasteiger partial charge in [-0.1, -0.05) is 24.3 Å². The van der Waals surface area contributed by atoms with Gasteiger partial charge in [0.1, 0.15) is 17.5 Å². The molecule has 0 saturated carbocycles.